The SMILES string of the molecule is COC(=O)c1cc(OC)c(OC)c(OC)c1NC(=O)C1(c2ccccc2)CCCC1. The van der Waals surface area contributed by atoms with Crippen molar-refractivity contribution in [3.63, 3.8) is 0 Å². The van der Waals surface area contributed by atoms with Crippen molar-refractivity contribution >= 4 is 17.6 Å². The van der Waals surface area contributed by atoms with Gasteiger partial charge in [-0.2, -0.15) is 0 Å². The number of methoxy groups -OCH3 is 4. The largest absolute Gasteiger partial charge is 0.493 e. The van der Waals surface area contributed by atoms with Gasteiger partial charge in [-0.25, -0.2) is 4.79 Å². The van der Waals surface area contributed by atoms with Crippen LogP contribution in [0.3, 0.4) is 0 Å². The van der Waals surface area contributed by atoms with Crippen molar-refractivity contribution in [2.45, 2.75) is 31.1 Å². The Labute approximate surface area is 176 Å². The van der Waals surface area contributed by atoms with Crippen LogP contribution in [-0.4, -0.2) is 40.3 Å². The number of anilines is 1. The molecule has 0 radical (unpaired) electrons. The highest BCUT2D eigenvalue weighted by molar-refractivity contribution is 6.07. The Bertz CT molecular complexity index is 919. The second-order valence-electron chi connectivity index (χ2n) is 7.17. The second kappa shape index (κ2) is 9.07. The molecule has 30 heavy (non-hydrogen) atoms. The van der Waals surface area contributed by atoms with E-state index >= 15 is 0 Å². The maximum atomic E-state index is 13.6. The Morgan fingerprint density at radius 3 is 2.07 bits per heavy atom. The molecule has 0 heterocycles. The molecule has 2 aromatic rings. The van der Waals surface area contributed by atoms with E-state index in [4.69, 9.17) is 18.9 Å². The van der Waals surface area contributed by atoms with Crippen molar-refractivity contribution in [3.8, 4) is 17.2 Å². The number of hydrogen-bond donors (Lipinski definition) is 1. The molecule has 0 unspecified atom stereocenters. The number of ether oxygens (including phenoxy) is 4. The fourth-order valence-electron chi connectivity index (χ4n) is 4.17. The van der Waals surface area contributed by atoms with Crippen molar-refractivity contribution in [3.05, 3.63) is 47.5 Å². The minimum atomic E-state index is -0.674. The van der Waals surface area contributed by atoms with Gasteiger partial charge < -0.3 is 24.3 Å². The molecule has 7 nitrogen and oxygen atoms in total. The van der Waals surface area contributed by atoms with E-state index in [-0.39, 0.29) is 28.7 Å². The molecule has 1 amide bonds. The lowest BCUT2D eigenvalue weighted by atomic mass is 9.78. The van der Waals surface area contributed by atoms with Crippen molar-refractivity contribution in [1.29, 1.82) is 0 Å². The highest BCUT2D eigenvalue weighted by Gasteiger charge is 2.43. The minimum absolute atomic E-state index is 0.126. The summed E-state index contributed by atoms with van der Waals surface area (Å²) in [6, 6.07) is 11.2. The first-order chi connectivity index (χ1) is 14.5. The summed E-state index contributed by atoms with van der Waals surface area (Å²) in [7, 11) is 5.64. The van der Waals surface area contributed by atoms with Gasteiger partial charge in [-0.15, -0.1) is 0 Å². The molecule has 0 bridgehead atoms. The van der Waals surface area contributed by atoms with Gasteiger partial charge in [-0.1, -0.05) is 43.2 Å². The summed E-state index contributed by atoms with van der Waals surface area (Å²) in [5.74, 6) is -0.0343. The van der Waals surface area contributed by atoms with Gasteiger partial charge in [0.05, 0.1) is 39.4 Å². The molecule has 7 heteroatoms. The van der Waals surface area contributed by atoms with Crippen LogP contribution >= 0.6 is 0 Å². The van der Waals surface area contributed by atoms with Gasteiger partial charge in [-0.05, 0) is 18.4 Å². The molecule has 0 atom stereocenters. The summed E-state index contributed by atoms with van der Waals surface area (Å²) in [6.07, 6.45) is 3.36. The van der Waals surface area contributed by atoms with Crippen LogP contribution in [0.15, 0.2) is 36.4 Å². The molecule has 0 saturated heterocycles. The standard InChI is InChI=1S/C23H27NO6/c1-27-17-14-16(21(25)30-4)18(20(29-3)19(17)28-2)24-22(26)23(12-8-9-13-23)15-10-6-5-7-11-15/h5-7,10-11,14H,8-9,12-13H2,1-4H3,(H,24,26). The third kappa shape index (κ3) is 3.67. The zero-order valence-electron chi connectivity index (χ0n) is 17.7. The number of benzene rings is 2. The van der Waals surface area contributed by atoms with Gasteiger partial charge in [0.25, 0.3) is 0 Å². The molecule has 160 valence electrons. The number of carbonyl (C=O) groups excluding carboxylic acids is 2. The molecule has 3 rings (SSSR count). The highest BCUT2D eigenvalue weighted by Crippen LogP contribution is 2.47. The van der Waals surface area contributed by atoms with E-state index in [9.17, 15) is 9.59 Å². The Morgan fingerprint density at radius 1 is 0.900 bits per heavy atom. The molecule has 0 aliphatic heterocycles. The first-order valence-corrected chi connectivity index (χ1v) is 9.80. The van der Waals surface area contributed by atoms with E-state index in [1.54, 1.807) is 0 Å². The van der Waals surface area contributed by atoms with Crippen molar-refractivity contribution in [2.75, 3.05) is 33.8 Å². The zero-order valence-corrected chi connectivity index (χ0v) is 17.7. The quantitative estimate of drug-likeness (QED) is 0.692. The van der Waals surface area contributed by atoms with Crippen LogP contribution in [0.25, 0.3) is 0 Å². The summed E-state index contributed by atoms with van der Waals surface area (Å²) < 4.78 is 21.2. The average molecular weight is 413 g/mol. The number of amides is 1. The van der Waals surface area contributed by atoms with Gasteiger partial charge in [0.15, 0.2) is 11.5 Å². The van der Waals surface area contributed by atoms with E-state index in [2.05, 4.69) is 5.32 Å². The van der Waals surface area contributed by atoms with E-state index in [1.807, 2.05) is 30.3 Å². The normalized spacial score (nSPS) is 14.7. The molecule has 1 saturated carbocycles. The summed E-state index contributed by atoms with van der Waals surface area (Å²) >= 11 is 0. The Morgan fingerprint density at radius 2 is 1.53 bits per heavy atom. The average Bonchev–Trinajstić information content (AvgIpc) is 3.29. The predicted octanol–water partition coefficient (Wildman–Crippen LogP) is 3.95. The Kier molecular flexibility index (Phi) is 6.50. The number of carbonyl (C=O) groups is 2. The first kappa shape index (κ1) is 21.5. The van der Waals surface area contributed by atoms with E-state index < -0.39 is 11.4 Å². The summed E-state index contributed by atoms with van der Waals surface area (Å²) in [5, 5.41) is 2.95. The van der Waals surface area contributed by atoms with Crippen molar-refractivity contribution in [2.24, 2.45) is 0 Å². The summed E-state index contributed by atoms with van der Waals surface area (Å²) in [4.78, 5) is 26.1. The second-order valence-corrected chi connectivity index (χ2v) is 7.17. The fraction of sp³-hybridized carbons (Fsp3) is 0.391. The summed E-state index contributed by atoms with van der Waals surface area (Å²) in [5.41, 5.74) is 0.613. The number of esters is 1. The molecule has 1 fully saturated rings. The number of hydrogen-bond acceptors (Lipinski definition) is 6. The van der Waals surface area contributed by atoms with Gasteiger partial charge in [0.1, 0.15) is 5.69 Å². The highest BCUT2D eigenvalue weighted by atomic mass is 16.5. The lowest BCUT2D eigenvalue weighted by molar-refractivity contribution is -0.121. The topological polar surface area (TPSA) is 83.1 Å². The van der Waals surface area contributed by atoms with Gasteiger partial charge in [0.2, 0.25) is 11.7 Å². The summed E-state index contributed by atoms with van der Waals surface area (Å²) in [6.45, 7) is 0. The fourth-order valence-corrected chi connectivity index (χ4v) is 4.17. The van der Waals surface area contributed by atoms with Crippen LogP contribution in [0.5, 0.6) is 17.2 Å². The molecule has 1 aliphatic carbocycles. The third-order valence-electron chi connectivity index (χ3n) is 5.69. The van der Waals surface area contributed by atoms with Crippen LogP contribution in [-0.2, 0) is 14.9 Å². The first-order valence-electron chi connectivity index (χ1n) is 9.80. The molecule has 0 spiro atoms. The predicted molar refractivity (Wildman–Crippen MR) is 113 cm³/mol. The third-order valence-corrected chi connectivity index (χ3v) is 5.69. The molecule has 1 aliphatic rings. The van der Waals surface area contributed by atoms with Crippen LogP contribution in [0, 0.1) is 0 Å². The number of nitrogens with one attached hydrogen (secondary N) is 1. The molecular formula is C23H27NO6. The molecule has 2 aromatic carbocycles. The lowest BCUT2D eigenvalue weighted by Gasteiger charge is -2.29. The van der Waals surface area contributed by atoms with Gasteiger partial charge in [0, 0.05) is 6.07 Å². The minimum Gasteiger partial charge on any atom is -0.493 e. The molecule has 1 N–H and O–H groups in total. The van der Waals surface area contributed by atoms with E-state index in [0.717, 1.165) is 31.2 Å². The molecular weight excluding hydrogens is 386 g/mol. The van der Waals surface area contributed by atoms with E-state index in [0.29, 0.717) is 5.75 Å². The monoisotopic (exact) mass is 413 g/mol. The van der Waals surface area contributed by atoms with Crippen LogP contribution < -0.4 is 19.5 Å². The van der Waals surface area contributed by atoms with Crippen molar-refractivity contribution in [1.82, 2.24) is 0 Å². The van der Waals surface area contributed by atoms with Crippen LogP contribution in [0.2, 0.25) is 0 Å². The number of rotatable bonds is 7. The molecule has 0 aromatic heterocycles. The Hall–Kier alpha value is -3.22. The maximum absolute atomic E-state index is 13.6. The smallest absolute Gasteiger partial charge is 0.340 e. The van der Waals surface area contributed by atoms with Gasteiger partial charge in [-0.3, -0.25) is 4.79 Å². The van der Waals surface area contributed by atoms with Crippen LogP contribution in [0.4, 0.5) is 5.69 Å². The zero-order chi connectivity index (χ0) is 21.7. The maximum Gasteiger partial charge on any atom is 0.340 e. The lowest BCUT2D eigenvalue weighted by Crippen LogP contribution is -2.38. The van der Waals surface area contributed by atoms with Crippen molar-refractivity contribution < 1.29 is 28.5 Å². The van der Waals surface area contributed by atoms with Crippen LogP contribution in [0.1, 0.15) is 41.6 Å². The van der Waals surface area contributed by atoms with Gasteiger partial charge >= 0.3 is 5.97 Å². The van der Waals surface area contributed by atoms with E-state index in [1.165, 1.54) is 34.5 Å². The Balaban J connectivity index is 2.12.